The molecule has 20 fully saturated rings. The monoisotopic (exact) mass is 1900 g/mol. The Hall–Kier alpha value is -2.78. The molecule has 27 nitrogen and oxygen atoms in total. The fourth-order valence-corrected chi connectivity index (χ4v) is 39.9. The Bertz CT molecular complexity index is 4030. The van der Waals surface area contributed by atoms with Crippen molar-refractivity contribution in [1.82, 2.24) is 0 Å². The number of fused-ring (bicyclic) bond motifs is 17. The highest BCUT2D eigenvalue weighted by molar-refractivity contribution is 8.23. The molecule has 670 valence electrons. The van der Waals surface area contributed by atoms with Gasteiger partial charge in [0.15, 0.2) is 35.3 Å². The number of aliphatic hydroxyl groups excluding tert-OH is 4. The minimum absolute atomic E-state index is 0.0113. The molecule has 0 aromatic carbocycles. The second kappa shape index (κ2) is 33.0. The maximum absolute atomic E-state index is 13.1. The smallest absolute Gasteiger partial charge is 0.376 e. The number of alkyl halides is 10. The molecule has 0 aromatic rings. The first-order valence-electron chi connectivity index (χ1n) is 39.4. The first-order valence-corrected chi connectivity index (χ1v) is 48.2. The molecular formula is C73H86F10O27S10. The zero-order valence-corrected chi connectivity index (χ0v) is 72.4. The van der Waals surface area contributed by atoms with Gasteiger partial charge in [-0.2, -0.15) is 43.9 Å². The number of hydrogen-bond donors (Lipinski definition) is 4. The van der Waals surface area contributed by atoms with Gasteiger partial charge in [0.05, 0.1) is 53.1 Å². The summed E-state index contributed by atoms with van der Waals surface area (Å²) in [6, 6.07) is 0. The quantitative estimate of drug-likeness (QED) is 0.0897. The molecule has 0 radical (unpaired) electrons. The first-order chi connectivity index (χ1) is 56.0. The summed E-state index contributed by atoms with van der Waals surface area (Å²) >= 11 is 16.4. The van der Waals surface area contributed by atoms with Crippen LogP contribution in [0.4, 0.5) is 43.9 Å². The van der Waals surface area contributed by atoms with Crippen molar-refractivity contribution in [2.75, 3.05) is 0 Å². The van der Waals surface area contributed by atoms with Gasteiger partial charge >= 0.3 is 89.3 Å². The number of carbonyl (C=O) groups excluding carboxylic acids is 10. The molecule has 120 heavy (non-hydrogen) atoms. The topological polar surface area (TPSA) is 372 Å². The second-order valence-corrected chi connectivity index (χ2v) is 50.4. The van der Waals surface area contributed by atoms with Gasteiger partial charge in [-0.05, 0) is 139 Å². The molecule has 7 aliphatic carbocycles. The molecule has 5 spiro atoms. The van der Waals surface area contributed by atoms with Gasteiger partial charge in [0.1, 0.15) is 83.5 Å². The van der Waals surface area contributed by atoms with Crippen LogP contribution in [-0.4, -0.2) is 275 Å². The molecule has 47 heteroatoms. The third-order valence-electron chi connectivity index (χ3n) is 25.2. The number of halogens is 10. The van der Waals surface area contributed by atoms with Crippen molar-refractivity contribution >= 4 is 177 Å². The van der Waals surface area contributed by atoms with E-state index in [1.54, 1.807) is 94.1 Å². The summed E-state index contributed by atoms with van der Waals surface area (Å²) in [7, 11) is 0. The van der Waals surface area contributed by atoms with Crippen LogP contribution in [0.1, 0.15) is 157 Å². The fourth-order valence-electron chi connectivity index (χ4n) is 19.3. The number of hydrogen-bond acceptors (Lipinski definition) is 37. The van der Waals surface area contributed by atoms with Gasteiger partial charge < -0.3 is 82.0 Å². The van der Waals surface area contributed by atoms with E-state index < -0.39 is 163 Å². The van der Waals surface area contributed by atoms with Crippen LogP contribution in [0.3, 0.4) is 0 Å². The average molecular weight is 1910 g/mol. The van der Waals surface area contributed by atoms with Gasteiger partial charge in [-0.1, -0.05) is 23.5 Å². The van der Waals surface area contributed by atoms with Crippen molar-refractivity contribution in [3.63, 3.8) is 0 Å². The van der Waals surface area contributed by atoms with Crippen molar-refractivity contribution in [3.8, 4) is 0 Å². The van der Waals surface area contributed by atoms with Crippen LogP contribution in [0.15, 0.2) is 0 Å². The Labute approximate surface area is 721 Å². The lowest BCUT2D eigenvalue weighted by Crippen LogP contribution is -2.38. The molecule has 7 saturated carbocycles. The number of esters is 10. The first kappa shape index (κ1) is 90.6. The lowest BCUT2D eigenvalue weighted by molar-refractivity contribution is -0.177. The minimum Gasteiger partial charge on any atom is -0.458 e. The van der Waals surface area contributed by atoms with Crippen LogP contribution < -0.4 is 0 Å². The summed E-state index contributed by atoms with van der Waals surface area (Å²) < 4.78 is 198. The van der Waals surface area contributed by atoms with E-state index in [0.717, 1.165) is 38.5 Å². The van der Waals surface area contributed by atoms with E-state index in [9.17, 15) is 112 Å². The van der Waals surface area contributed by atoms with Gasteiger partial charge in [-0.3, -0.25) is 4.79 Å². The van der Waals surface area contributed by atoms with Gasteiger partial charge in [-0.25, -0.2) is 43.2 Å². The summed E-state index contributed by atoms with van der Waals surface area (Å²) in [6.07, 6.45) is 2.55. The summed E-state index contributed by atoms with van der Waals surface area (Å²) in [5.74, 6) is -26.7. The molecule has 28 atom stereocenters. The van der Waals surface area contributed by atoms with E-state index in [-0.39, 0.29) is 116 Å². The SMILES string of the molecule is CC(F)(F)C(=O)OC1CC2CC1CC21SC2OC(=O)C(O)C2S1.CC(F)(F)C(=O)OC1CC2CC1CC21SC2OC3C(O)C(=O)OC3C2S1.CC(F)(F)C(=O)OC1CCC2(CC1)SC1OC(=O)C(O)C1S2.CC(F)(F)C(=O)OC1CCC2(CC1)SC1OC3C(O)C(=O)OC3C1S2.CC(F)(F)C(=O)OC1CCC2(CC1)SC1OC3CC(=O)OC3C1S2. The molecule has 0 aromatic heterocycles. The Morgan fingerprint density at radius 2 is 0.658 bits per heavy atom. The molecule has 0 amide bonds. The summed E-state index contributed by atoms with van der Waals surface area (Å²) in [5.41, 5.74) is -1.01. The van der Waals surface area contributed by atoms with Crippen molar-refractivity contribution in [1.29, 1.82) is 0 Å². The number of carbonyl (C=O) groups is 10. The van der Waals surface area contributed by atoms with Crippen LogP contribution in [0.5, 0.6) is 0 Å². The van der Waals surface area contributed by atoms with Crippen LogP contribution in [0, 0.1) is 23.7 Å². The maximum Gasteiger partial charge on any atom is 0.376 e. The molecule has 28 unspecified atom stereocenters. The van der Waals surface area contributed by atoms with Crippen LogP contribution in [0.2, 0.25) is 0 Å². The van der Waals surface area contributed by atoms with Gasteiger partial charge in [0, 0.05) is 34.6 Å². The molecule has 20 aliphatic rings. The van der Waals surface area contributed by atoms with Crippen molar-refractivity contribution in [2.45, 2.75) is 352 Å². The Morgan fingerprint density at radius 1 is 0.350 bits per heavy atom. The number of thioether (sulfide) groups is 10. The number of ether oxygens (including phenoxy) is 13. The van der Waals surface area contributed by atoms with Crippen LogP contribution >= 0.6 is 118 Å². The van der Waals surface area contributed by atoms with E-state index in [1.165, 1.54) is 23.5 Å². The Morgan fingerprint density at radius 3 is 1.02 bits per heavy atom. The largest absolute Gasteiger partial charge is 0.458 e. The molecule has 13 saturated heterocycles. The van der Waals surface area contributed by atoms with Crippen molar-refractivity contribution in [2.24, 2.45) is 23.7 Å². The average Bonchev–Trinajstić information content (AvgIpc) is 1.55. The predicted molar refractivity (Wildman–Crippen MR) is 412 cm³/mol. The highest BCUT2D eigenvalue weighted by Crippen LogP contribution is 2.73. The van der Waals surface area contributed by atoms with E-state index in [1.807, 2.05) is 0 Å². The minimum atomic E-state index is -3.47. The summed E-state index contributed by atoms with van der Waals surface area (Å²) in [5, 5.41) is 38.8. The molecule has 20 rings (SSSR count). The molecule has 13 aliphatic heterocycles. The predicted octanol–water partition coefficient (Wildman–Crippen LogP) is 9.62. The van der Waals surface area contributed by atoms with E-state index in [0.29, 0.717) is 118 Å². The lowest BCUT2D eigenvalue weighted by Gasteiger charge is -2.36. The number of rotatable bonds is 10. The van der Waals surface area contributed by atoms with Crippen molar-refractivity contribution < 1.29 is 174 Å². The summed E-state index contributed by atoms with van der Waals surface area (Å²) in [4.78, 5) is 114. The van der Waals surface area contributed by atoms with E-state index in [2.05, 4.69) is 0 Å². The third kappa shape index (κ3) is 17.7. The normalized spacial score (nSPS) is 46.4. The van der Waals surface area contributed by atoms with Gasteiger partial charge in [-0.15, -0.1) is 94.1 Å². The zero-order valence-electron chi connectivity index (χ0n) is 64.2. The van der Waals surface area contributed by atoms with Crippen molar-refractivity contribution in [3.05, 3.63) is 0 Å². The fraction of sp³-hybridized carbons (Fsp3) is 0.863. The Kier molecular flexibility index (Phi) is 24.9. The Balaban J connectivity index is 0.000000112. The van der Waals surface area contributed by atoms with E-state index in [4.69, 9.17) is 61.6 Å². The van der Waals surface area contributed by atoms with E-state index >= 15 is 0 Å². The number of aliphatic hydroxyl groups is 4. The van der Waals surface area contributed by atoms with Gasteiger partial charge in [0.2, 0.25) is 0 Å². The molecular weight excluding hydrogens is 1820 g/mol. The molecule has 13 heterocycles. The van der Waals surface area contributed by atoms with Crippen LogP contribution in [-0.2, 0) is 110 Å². The highest BCUT2D eigenvalue weighted by atomic mass is 32.2. The van der Waals surface area contributed by atoms with Crippen LogP contribution in [0.25, 0.3) is 0 Å². The highest BCUT2D eigenvalue weighted by Gasteiger charge is 2.72. The molecule has 4 bridgehead atoms. The second-order valence-electron chi connectivity index (χ2n) is 34.1. The van der Waals surface area contributed by atoms with Gasteiger partial charge in [0.25, 0.3) is 0 Å². The molecule has 4 N–H and O–H groups in total. The standard InChI is InChI=1S/C16H18F2O6S2.C15H18F2O6S2.C15H18F2O5S2.C14H16F2O5S2.C13H16F2O5S2/c1-15(17,18)14(21)22-7-3-6-2-5(7)4-16(6)25-11-10-9(24-13(11)26-16)8(19)12(20)23-10;1-14(16,17)13(20)21-6-2-4-15(5-3-6)24-10-9-8(23-12(10)25-15)7(18)11(19)22-9;1-14(16,17)13(19)20-7-2-4-15(5-3-7)23-11-10-8(6-9(18)22-10)21-12(11)24-15;1-13(15,16)12(19)20-7-3-6-2-5(7)4-14(6)22-9-8(17)10(18)21-11(9)23-14;1-12(14,15)11(18)19-6-2-4-13(5-3-6)21-8-7(16)9(17)20-10(8)22-13/h5-11,13,19H,2-4H2,1H3;6-10,12,18H,2-5H2,1H3;7-8,10-12H,2-6H2,1H3;5-9,11,17H,2-4H2,1H3;6-8,10,16H,2-5H2,1H3. The third-order valence-corrected chi connectivity index (χ3v) is 44.6. The lowest BCUT2D eigenvalue weighted by atomic mass is 9.96. The summed E-state index contributed by atoms with van der Waals surface area (Å²) in [6.45, 7) is 2.72. The zero-order chi connectivity index (χ0) is 86.2. The maximum atomic E-state index is 13.1.